The van der Waals surface area contributed by atoms with Gasteiger partial charge in [0.1, 0.15) is 5.75 Å². The lowest BCUT2D eigenvalue weighted by molar-refractivity contribution is 0.209. The third kappa shape index (κ3) is 5.54. The molecule has 0 aliphatic rings. The summed E-state index contributed by atoms with van der Waals surface area (Å²) in [6, 6.07) is 6.29. The second-order valence-electron chi connectivity index (χ2n) is 5.56. The maximum Gasteiger partial charge on any atom is 0.119 e. The average Bonchev–Trinajstić information content (AvgIpc) is 2.29. The summed E-state index contributed by atoms with van der Waals surface area (Å²) in [6.45, 7) is 12.9. The van der Waals surface area contributed by atoms with E-state index in [4.69, 9.17) is 4.74 Å². The molecule has 1 aromatic rings. The summed E-state index contributed by atoms with van der Waals surface area (Å²) < 4.78 is 5.92. The molecule has 1 aromatic carbocycles. The predicted octanol–water partition coefficient (Wildman–Crippen LogP) is 3.71. The Kier molecular flexibility index (Phi) is 6.20. The van der Waals surface area contributed by atoms with Crippen molar-refractivity contribution in [2.75, 3.05) is 13.1 Å². The van der Waals surface area contributed by atoms with Crippen molar-refractivity contribution in [2.45, 2.75) is 47.1 Å². The molecular formula is C16H27NO. The maximum absolute atomic E-state index is 5.92. The highest BCUT2D eigenvalue weighted by Crippen LogP contribution is 2.18. The van der Waals surface area contributed by atoms with Crippen LogP contribution in [0.1, 0.15) is 38.3 Å². The van der Waals surface area contributed by atoms with E-state index in [0.29, 0.717) is 5.92 Å². The van der Waals surface area contributed by atoms with Crippen molar-refractivity contribution in [3.05, 3.63) is 29.3 Å². The lowest BCUT2D eigenvalue weighted by Gasteiger charge is -2.16. The van der Waals surface area contributed by atoms with E-state index in [-0.39, 0.29) is 6.10 Å². The SMILES string of the molecule is Cc1ccc(OC(C)CCNCC(C)C)cc1C. The molecule has 102 valence electrons. The number of hydrogen-bond acceptors (Lipinski definition) is 2. The maximum atomic E-state index is 5.92. The van der Waals surface area contributed by atoms with E-state index in [1.165, 1.54) is 11.1 Å². The quantitative estimate of drug-likeness (QED) is 0.744. The van der Waals surface area contributed by atoms with E-state index in [1.54, 1.807) is 0 Å². The van der Waals surface area contributed by atoms with Gasteiger partial charge in [-0.1, -0.05) is 19.9 Å². The third-order valence-electron chi connectivity index (χ3n) is 3.10. The Hall–Kier alpha value is -1.02. The van der Waals surface area contributed by atoms with Crippen LogP contribution in [-0.4, -0.2) is 19.2 Å². The molecule has 0 aromatic heterocycles. The topological polar surface area (TPSA) is 21.3 Å². The Morgan fingerprint density at radius 3 is 2.44 bits per heavy atom. The van der Waals surface area contributed by atoms with E-state index < -0.39 is 0 Å². The van der Waals surface area contributed by atoms with Crippen LogP contribution < -0.4 is 10.1 Å². The fraction of sp³-hybridized carbons (Fsp3) is 0.625. The molecule has 2 nitrogen and oxygen atoms in total. The molecule has 1 unspecified atom stereocenters. The second-order valence-corrected chi connectivity index (χ2v) is 5.56. The highest BCUT2D eigenvalue weighted by atomic mass is 16.5. The van der Waals surface area contributed by atoms with Gasteiger partial charge < -0.3 is 10.1 Å². The average molecular weight is 249 g/mol. The van der Waals surface area contributed by atoms with E-state index in [9.17, 15) is 0 Å². The highest BCUT2D eigenvalue weighted by molar-refractivity contribution is 5.33. The first-order valence-corrected chi connectivity index (χ1v) is 6.93. The van der Waals surface area contributed by atoms with Gasteiger partial charge in [-0.15, -0.1) is 0 Å². The Morgan fingerprint density at radius 2 is 1.83 bits per heavy atom. The molecule has 0 aliphatic carbocycles. The largest absolute Gasteiger partial charge is 0.491 e. The minimum atomic E-state index is 0.256. The lowest BCUT2D eigenvalue weighted by Crippen LogP contribution is -2.25. The van der Waals surface area contributed by atoms with Gasteiger partial charge in [-0.25, -0.2) is 0 Å². The molecule has 1 N–H and O–H groups in total. The Labute approximate surface area is 112 Å². The first-order valence-electron chi connectivity index (χ1n) is 6.93. The minimum Gasteiger partial charge on any atom is -0.491 e. The summed E-state index contributed by atoms with van der Waals surface area (Å²) in [4.78, 5) is 0. The molecule has 0 bridgehead atoms. The van der Waals surface area contributed by atoms with Crippen molar-refractivity contribution in [3.8, 4) is 5.75 Å². The molecule has 0 amide bonds. The first-order chi connectivity index (χ1) is 8.49. The Balaban J connectivity index is 2.31. The van der Waals surface area contributed by atoms with Gasteiger partial charge in [0.05, 0.1) is 6.10 Å². The van der Waals surface area contributed by atoms with Gasteiger partial charge in [0.2, 0.25) is 0 Å². The van der Waals surface area contributed by atoms with Gasteiger partial charge >= 0.3 is 0 Å². The molecule has 0 fully saturated rings. The summed E-state index contributed by atoms with van der Waals surface area (Å²) in [5, 5.41) is 3.44. The van der Waals surface area contributed by atoms with Crippen LogP contribution >= 0.6 is 0 Å². The Bertz CT molecular complexity index is 360. The van der Waals surface area contributed by atoms with Crippen molar-refractivity contribution in [3.63, 3.8) is 0 Å². The zero-order chi connectivity index (χ0) is 13.5. The fourth-order valence-corrected chi connectivity index (χ4v) is 1.77. The molecule has 0 radical (unpaired) electrons. The summed E-state index contributed by atoms with van der Waals surface area (Å²) in [5.74, 6) is 1.69. The zero-order valence-corrected chi connectivity index (χ0v) is 12.4. The number of ether oxygens (including phenoxy) is 1. The highest BCUT2D eigenvalue weighted by Gasteiger charge is 2.05. The molecular weight excluding hydrogens is 222 g/mol. The predicted molar refractivity (Wildman–Crippen MR) is 78.3 cm³/mol. The number of benzene rings is 1. The van der Waals surface area contributed by atoms with Crippen LogP contribution in [0, 0.1) is 19.8 Å². The van der Waals surface area contributed by atoms with Gasteiger partial charge in [-0.05, 0) is 69.5 Å². The second kappa shape index (κ2) is 7.42. The van der Waals surface area contributed by atoms with Crippen molar-refractivity contribution in [1.82, 2.24) is 5.32 Å². The molecule has 2 heteroatoms. The van der Waals surface area contributed by atoms with Crippen LogP contribution in [0.5, 0.6) is 5.75 Å². The molecule has 1 atom stereocenters. The van der Waals surface area contributed by atoms with Crippen LogP contribution in [0.15, 0.2) is 18.2 Å². The van der Waals surface area contributed by atoms with Gasteiger partial charge in [-0.2, -0.15) is 0 Å². The summed E-state index contributed by atoms with van der Waals surface area (Å²) >= 11 is 0. The molecule has 0 spiro atoms. The number of nitrogens with one attached hydrogen (secondary N) is 1. The van der Waals surface area contributed by atoms with E-state index in [2.05, 4.69) is 58.1 Å². The van der Waals surface area contributed by atoms with Crippen molar-refractivity contribution < 1.29 is 4.74 Å². The monoisotopic (exact) mass is 249 g/mol. The molecule has 0 saturated carbocycles. The zero-order valence-electron chi connectivity index (χ0n) is 12.4. The van der Waals surface area contributed by atoms with Crippen LogP contribution in [0.4, 0.5) is 0 Å². The van der Waals surface area contributed by atoms with Gasteiger partial charge in [0, 0.05) is 0 Å². The lowest BCUT2D eigenvalue weighted by atomic mass is 10.1. The van der Waals surface area contributed by atoms with E-state index in [1.807, 2.05) is 0 Å². The molecule has 0 aliphatic heterocycles. The summed E-state index contributed by atoms with van der Waals surface area (Å²) in [7, 11) is 0. The van der Waals surface area contributed by atoms with Crippen LogP contribution in [0.25, 0.3) is 0 Å². The first kappa shape index (κ1) is 15.0. The van der Waals surface area contributed by atoms with Gasteiger partial charge in [0.25, 0.3) is 0 Å². The van der Waals surface area contributed by atoms with Gasteiger partial charge in [-0.3, -0.25) is 0 Å². The summed E-state index contributed by atoms with van der Waals surface area (Å²) in [5.41, 5.74) is 2.60. The van der Waals surface area contributed by atoms with Crippen LogP contribution in [0.2, 0.25) is 0 Å². The van der Waals surface area contributed by atoms with E-state index in [0.717, 1.165) is 25.3 Å². The fourth-order valence-electron chi connectivity index (χ4n) is 1.77. The molecule has 0 heterocycles. The van der Waals surface area contributed by atoms with Crippen LogP contribution in [-0.2, 0) is 0 Å². The summed E-state index contributed by atoms with van der Waals surface area (Å²) in [6.07, 6.45) is 1.30. The normalized spacial score (nSPS) is 12.8. The van der Waals surface area contributed by atoms with Crippen molar-refractivity contribution >= 4 is 0 Å². The van der Waals surface area contributed by atoms with Crippen molar-refractivity contribution in [1.29, 1.82) is 0 Å². The third-order valence-corrected chi connectivity index (χ3v) is 3.10. The van der Waals surface area contributed by atoms with E-state index >= 15 is 0 Å². The standard InChI is InChI=1S/C16H27NO/c1-12(2)11-17-9-8-15(5)18-16-7-6-13(3)14(4)10-16/h6-7,10,12,15,17H,8-9,11H2,1-5H3. The molecule has 0 saturated heterocycles. The van der Waals surface area contributed by atoms with Crippen LogP contribution in [0.3, 0.4) is 0 Å². The molecule has 18 heavy (non-hydrogen) atoms. The number of rotatable bonds is 7. The minimum absolute atomic E-state index is 0.256. The number of hydrogen-bond donors (Lipinski definition) is 1. The smallest absolute Gasteiger partial charge is 0.119 e. The molecule has 1 rings (SSSR count). The number of aryl methyl sites for hydroxylation is 2. The van der Waals surface area contributed by atoms with Gasteiger partial charge in [0.15, 0.2) is 0 Å². The van der Waals surface area contributed by atoms with Crippen molar-refractivity contribution in [2.24, 2.45) is 5.92 Å². The Morgan fingerprint density at radius 1 is 1.11 bits per heavy atom.